The number of carbonyl (C=O) groups is 2. The molecule has 0 bridgehead atoms. The summed E-state index contributed by atoms with van der Waals surface area (Å²) in [6, 6.07) is 8.99. The molecule has 3 aliphatic heterocycles. The van der Waals surface area contributed by atoms with Gasteiger partial charge in [0.05, 0.1) is 17.7 Å². The van der Waals surface area contributed by atoms with Crippen LogP contribution in [0.3, 0.4) is 0 Å². The van der Waals surface area contributed by atoms with Crippen LogP contribution in [-0.4, -0.2) is 64.3 Å². The molecule has 6 rings (SSSR count). The van der Waals surface area contributed by atoms with Crippen molar-refractivity contribution in [2.24, 2.45) is 9.98 Å². The second-order valence-corrected chi connectivity index (χ2v) is 12.9. The zero-order chi connectivity index (χ0) is 33.2. The first kappa shape index (κ1) is 33.3. The number of halogens is 6. The Morgan fingerprint density at radius 1 is 0.761 bits per heavy atom. The summed E-state index contributed by atoms with van der Waals surface area (Å²) in [5, 5.41) is 0.451. The Labute approximate surface area is 268 Å². The van der Waals surface area contributed by atoms with Crippen molar-refractivity contribution in [1.82, 2.24) is 14.4 Å². The van der Waals surface area contributed by atoms with E-state index in [-0.39, 0.29) is 12.1 Å². The number of aliphatic imine (C=N–C) groups is 1. The van der Waals surface area contributed by atoms with Gasteiger partial charge >= 0.3 is 24.4 Å². The van der Waals surface area contributed by atoms with Crippen LogP contribution in [-0.2, 0) is 12.4 Å². The second kappa shape index (κ2) is 13.4. The average molecular weight is 683 g/mol. The summed E-state index contributed by atoms with van der Waals surface area (Å²) in [5.41, 5.74) is -0.317. The zero-order valence-corrected chi connectivity index (χ0v) is 26.1. The third-order valence-electron chi connectivity index (χ3n) is 7.19. The van der Waals surface area contributed by atoms with E-state index in [1.165, 1.54) is 47.4 Å². The number of amides is 4. The molecule has 244 valence electrons. The van der Waals surface area contributed by atoms with Gasteiger partial charge in [0.2, 0.25) is 0 Å². The maximum atomic E-state index is 12.6. The van der Waals surface area contributed by atoms with E-state index in [1.807, 2.05) is 6.92 Å². The van der Waals surface area contributed by atoms with Gasteiger partial charge in [-0.1, -0.05) is 18.3 Å². The van der Waals surface area contributed by atoms with Gasteiger partial charge in [-0.15, -0.1) is 11.3 Å². The van der Waals surface area contributed by atoms with Gasteiger partial charge in [0, 0.05) is 53.5 Å². The number of thioether (sulfide) groups is 1. The van der Waals surface area contributed by atoms with Crippen molar-refractivity contribution in [2.45, 2.75) is 32.1 Å². The maximum Gasteiger partial charge on any atom is 0.416 e. The summed E-state index contributed by atoms with van der Waals surface area (Å²) < 4.78 is 77.5. The highest BCUT2D eigenvalue weighted by Crippen LogP contribution is 2.35. The van der Waals surface area contributed by atoms with Gasteiger partial charge in [0.1, 0.15) is 0 Å². The summed E-state index contributed by atoms with van der Waals surface area (Å²) in [7, 11) is 0. The molecule has 0 atom stereocenters. The van der Waals surface area contributed by atoms with Gasteiger partial charge in [-0.05, 0) is 68.3 Å². The Morgan fingerprint density at radius 2 is 1.24 bits per heavy atom. The molecule has 0 N–H and O–H groups in total. The lowest BCUT2D eigenvalue weighted by atomic mass is 10.2. The van der Waals surface area contributed by atoms with Crippen molar-refractivity contribution in [1.29, 1.82) is 0 Å². The Kier molecular flexibility index (Phi) is 9.67. The van der Waals surface area contributed by atoms with Crippen LogP contribution in [0.25, 0.3) is 5.69 Å². The van der Waals surface area contributed by atoms with Crippen LogP contribution in [0.1, 0.15) is 28.8 Å². The lowest BCUT2D eigenvalue weighted by Gasteiger charge is -2.29. The molecular formula is C30H28F6N6O2S2. The van der Waals surface area contributed by atoms with E-state index in [4.69, 9.17) is 0 Å². The molecule has 0 unspecified atom stereocenters. The monoisotopic (exact) mass is 682 g/mol. The van der Waals surface area contributed by atoms with Crippen molar-refractivity contribution < 1.29 is 35.9 Å². The van der Waals surface area contributed by atoms with Gasteiger partial charge in [-0.25, -0.2) is 9.59 Å². The normalized spacial score (nSPS) is 17.9. The number of likely N-dealkylation sites (tertiary alicyclic amines) is 2. The lowest BCUT2D eigenvalue weighted by Crippen LogP contribution is -2.41. The van der Waals surface area contributed by atoms with Gasteiger partial charge in [0.15, 0.2) is 9.97 Å². The first-order chi connectivity index (χ1) is 21.7. The topological polar surface area (TPSA) is 73.5 Å². The molecule has 0 spiro atoms. The summed E-state index contributed by atoms with van der Waals surface area (Å²) in [6.45, 7) is 8.93. The molecule has 0 radical (unpaired) electrons. The summed E-state index contributed by atoms with van der Waals surface area (Å²) >= 11 is 2.60. The highest BCUT2D eigenvalue weighted by molar-refractivity contribution is 8.18. The van der Waals surface area contributed by atoms with Crippen LogP contribution in [0, 0.1) is 6.92 Å². The number of aryl methyl sites for hydroxylation is 1. The van der Waals surface area contributed by atoms with Gasteiger partial charge in [-0.2, -0.15) is 36.3 Å². The Hall–Kier alpha value is -4.05. The minimum Gasteiger partial charge on any atom is -0.323 e. The number of carbonyl (C=O) groups excluding carboxylic acids is 2. The van der Waals surface area contributed by atoms with Gasteiger partial charge < -0.3 is 14.7 Å². The summed E-state index contributed by atoms with van der Waals surface area (Å²) in [6.07, 6.45) is -5.03. The van der Waals surface area contributed by atoms with Crippen LogP contribution < -0.4 is 9.70 Å². The predicted molar refractivity (Wildman–Crippen MR) is 165 cm³/mol. The standard InChI is InChI=1S/2C15H14F3N3OS/c2*1-10-9-21(12-5-3-11(4-6-12)15(16,17)18)14(23-10)19-13(22)20-7-2-8-20/h3-6,9H,2,7-8H2,1H3;3-6H,1-2,7-9H2. The van der Waals surface area contributed by atoms with E-state index in [1.54, 1.807) is 25.5 Å². The number of benzene rings is 2. The zero-order valence-electron chi connectivity index (χ0n) is 24.4. The molecule has 0 aliphatic carbocycles. The number of nitrogens with zero attached hydrogens (tertiary/aromatic N) is 6. The van der Waals surface area contributed by atoms with Crippen LogP contribution in [0.15, 0.2) is 76.2 Å². The quantitative estimate of drug-likeness (QED) is 0.262. The number of urea groups is 2. The smallest absolute Gasteiger partial charge is 0.323 e. The fourth-order valence-electron chi connectivity index (χ4n) is 4.43. The van der Waals surface area contributed by atoms with Crippen molar-refractivity contribution in [3.05, 3.63) is 87.0 Å². The minimum atomic E-state index is -4.37. The molecule has 0 saturated carbocycles. The van der Waals surface area contributed by atoms with Gasteiger partial charge in [-0.3, -0.25) is 4.57 Å². The number of aromatic nitrogens is 1. The van der Waals surface area contributed by atoms with Crippen LogP contribution in [0.4, 0.5) is 41.6 Å². The summed E-state index contributed by atoms with van der Waals surface area (Å²) in [4.78, 5) is 39.3. The minimum absolute atomic E-state index is 0.307. The fourth-order valence-corrected chi connectivity index (χ4v) is 6.11. The molecule has 3 saturated heterocycles. The molecule has 4 amide bonds. The Balaban J connectivity index is 0.000000181. The summed E-state index contributed by atoms with van der Waals surface area (Å²) in [5.74, 6) is 0. The highest BCUT2D eigenvalue weighted by atomic mass is 32.2. The van der Waals surface area contributed by atoms with Crippen LogP contribution >= 0.6 is 23.1 Å². The predicted octanol–water partition coefficient (Wildman–Crippen LogP) is 7.55. The van der Waals surface area contributed by atoms with E-state index in [0.717, 1.165) is 46.9 Å². The first-order valence-electron chi connectivity index (χ1n) is 14.1. The van der Waals surface area contributed by atoms with E-state index in [9.17, 15) is 35.9 Å². The molecule has 4 heterocycles. The molecule has 1 aromatic heterocycles. The van der Waals surface area contributed by atoms with Crippen molar-refractivity contribution in [3.8, 4) is 5.69 Å². The number of thiazole rings is 1. The third kappa shape index (κ3) is 7.84. The molecule has 2 aromatic carbocycles. The number of alkyl halides is 6. The van der Waals surface area contributed by atoms with Crippen LogP contribution in [0.5, 0.6) is 0 Å². The fraction of sp³-hybridized carbons (Fsp3) is 0.333. The van der Waals surface area contributed by atoms with Gasteiger partial charge in [0.25, 0.3) is 0 Å². The van der Waals surface area contributed by atoms with Crippen molar-refractivity contribution in [2.75, 3.05) is 37.6 Å². The van der Waals surface area contributed by atoms with Crippen LogP contribution in [0.2, 0.25) is 0 Å². The number of anilines is 1. The van der Waals surface area contributed by atoms with E-state index in [0.29, 0.717) is 54.1 Å². The molecule has 46 heavy (non-hydrogen) atoms. The molecule has 16 heteroatoms. The maximum absolute atomic E-state index is 12.6. The third-order valence-corrected chi connectivity index (χ3v) is 9.00. The number of hydrogen-bond acceptors (Lipinski definition) is 4. The molecular weight excluding hydrogens is 654 g/mol. The Morgan fingerprint density at radius 3 is 1.70 bits per heavy atom. The number of rotatable bonds is 2. The van der Waals surface area contributed by atoms with Crippen molar-refractivity contribution >= 4 is 46.0 Å². The first-order valence-corrected chi connectivity index (χ1v) is 15.7. The largest absolute Gasteiger partial charge is 0.416 e. The number of hydrogen-bond donors (Lipinski definition) is 0. The lowest BCUT2D eigenvalue weighted by molar-refractivity contribution is -0.138. The van der Waals surface area contributed by atoms with E-state index in [2.05, 4.69) is 16.6 Å². The van der Waals surface area contributed by atoms with Crippen molar-refractivity contribution in [3.63, 3.8) is 0 Å². The second-order valence-electron chi connectivity index (χ2n) is 10.6. The number of amidine groups is 1. The van der Waals surface area contributed by atoms with E-state index >= 15 is 0 Å². The Bertz CT molecular complexity index is 1700. The molecule has 8 nitrogen and oxygen atoms in total. The van der Waals surface area contributed by atoms with E-state index < -0.39 is 23.5 Å². The average Bonchev–Trinajstić information content (AvgIpc) is 3.47. The molecule has 3 fully saturated rings. The SMILES string of the molecule is C=C1CN(c2ccc(C(F)(F)F)cc2)C(=NC(=O)N2CCC2)S1.Cc1cn(-c2ccc(C(F)(F)F)cc2)c(=NC(=O)N2CCC2)s1. The highest BCUT2D eigenvalue weighted by Gasteiger charge is 2.32. The molecule has 3 aromatic rings. The molecule has 3 aliphatic rings.